The number of hydrogen-bond acceptors (Lipinski definition) is 3. The molecule has 0 aromatic heterocycles. The third-order valence-corrected chi connectivity index (χ3v) is 2.32. The lowest BCUT2D eigenvalue weighted by molar-refractivity contribution is 0.385. The van der Waals surface area contributed by atoms with E-state index in [1.165, 1.54) is 13.2 Å². The van der Waals surface area contributed by atoms with Crippen LogP contribution in [0.2, 0.25) is 0 Å². The van der Waals surface area contributed by atoms with Gasteiger partial charge in [0.15, 0.2) is 11.6 Å². The zero-order valence-corrected chi connectivity index (χ0v) is 8.87. The van der Waals surface area contributed by atoms with Crippen molar-refractivity contribution in [3.05, 3.63) is 29.6 Å². The lowest BCUT2D eigenvalue weighted by Crippen LogP contribution is -2.12. The zero-order valence-electron chi connectivity index (χ0n) is 8.87. The number of benzene rings is 1. The Hall–Kier alpha value is -1.13. The van der Waals surface area contributed by atoms with E-state index in [4.69, 9.17) is 16.2 Å². The molecule has 1 aromatic rings. The molecule has 1 rings (SSSR count). The van der Waals surface area contributed by atoms with Gasteiger partial charge in [0.2, 0.25) is 0 Å². The minimum Gasteiger partial charge on any atom is -0.494 e. The van der Waals surface area contributed by atoms with Crippen LogP contribution in [0.3, 0.4) is 0 Å². The summed E-state index contributed by atoms with van der Waals surface area (Å²) < 4.78 is 18.2. The van der Waals surface area contributed by atoms with Gasteiger partial charge in [-0.2, -0.15) is 0 Å². The van der Waals surface area contributed by atoms with Gasteiger partial charge in [0, 0.05) is 6.04 Å². The first-order valence-electron chi connectivity index (χ1n) is 4.98. The largest absolute Gasteiger partial charge is 0.494 e. The van der Waals surface area contributed by atoms with Gasteiger partial charge >= 0.3 is 0 Å². The van der Waals surface area contributed by atoms with E-state index in [0.717, 1.165) is 18.4 Å². The average molecular weight is 212 g/mol. The quantitative estimate of drug-likeness (QED) is 0.778. The van der Waals surface area contributed by atoms with Gasteiger partial charge in [-0.25, -0.2) is 4.39 Å². The normalized spacial score (nSPS) is 12.5. The Labute approximate surface area is 89.2 Å². The maximum absolute atomic E-state index is 13.3. The second-order valence-corrected chi connectivity index (χ2v) is 3.43. The van der Waals surface area contributed by atoms with E-state index in [0.29, 0.717) is 6.54 Å². The van der Waals surface area contributed by atoms with Gasteiger partial charge in [0.25, 0.3) is 0 Å². The summed E-state index contributed by atoms with van der Waals surface area (Å²) in [6.07, 6.45) is 1.61. The first-order chi connectivity index (χ1) is 7.19. The highest BCUT2D eigenvalue weighted by Gasteiger charge is 2.09. The molecule has 0 unspecified atom stereocenters. The average Bonchev–Trinajstić information content (AvgIpc) is 2.25. The molecular weight excluding hydrogens is 195 g/mol. The van der Waals surface area contributed by atoms with Crippen molar-refractivity contribution in [1.29, 1.82) is 0 Å². The van der Waals surface area contributed by atoms with Gasteiger partial charge in [-0.1, -0.05) is 6.07 Å². The molecule has 4 heteroatoms. The van der Waals surface area contributed by atoms with Crippen molar-refractivity contribution >= 4 is 0 Å². The lowest BCUT2D eigenvalue weighted by Gasteiger charge is -2.12. The predicted octanol–water partition coefficient (Wildman–Crippen LogP) is 1.57. The van der Waals surface area contributed by atoms with Crippen LogP contribution < -0.4 is 16.2 Å². The van der Waals surface area contributed by atoms with E-state index in [2.05, 4.69) is 0 Å². The fraction of sp³-hybridized carbons (Fsp3) is 0.455. The Morgan fingerprint density at radius 1 is 1.47 bits per heavy atom. The standard InChI is InChI=1S/C11H17FN2O/c1-15-11-5-4-8(7-9(11)12)10(14)3-2-6-13/h4-5,7,10H,2-3,6,13-14H2,1H3/t10-/m0/s1. The summed E-state index contributed by atoms with van der Waals surface area (Å²) in [5, 5.41) is 0. The van der Waals surface area contributed by atoms with Crippen LogP contribution in [0, 0.1) is 5.82 Å². The summed E-state index contributed by atoms with van der Waals surface area (Å²) in [5.74, 6) is -0.136. The van der Waals surface area contributed by atoms with Crippen LogP contribution in [0.1, 0.15) is 24.4 Å². The van der Waals surface area contributed by atoms with Crippen LogP contribution in [0.4, 0.5) is 4.39 Å². The summed E-state index contributed by atoms with van der Waals surface area (Å²) >= 11 is 0. The lowest BCUT2D eigenvalue weighted by atomic mass is 10.0. The molecule has 0 radical (unpaired) electrons. The van der Waals surface area contributed by atoms with Gasteiger partial charge in [0.05, 0.1) is 7.11 Å². The topological polar surface area (TPSA) is 61.3 Å². The highest BCUT2D eigenvalue weighted by molar-refractivity contribution is 5.30. The first kappa shape index (κ1) is 11.9. The van der Waals surface area contributed by atoms with Crippen LogP contribution in [0.15, 0.2) is 18.2 Å². The van der Waals surface area contributed by atoms with Crippen molar-refractivity contribution in [3.8, 4) is 5.75 Å². The maximum atomic E-state index is 13.3. The third kappa shape index (κ3) is 3.18. The van der Waals surface area contributed by atoms with Crippen LogP contribution in [0.25, 0.3) is 0 Å². The minimum absolute atomic E-state index is 0.158. The van der Waals surface area contributed by atoms with Gasteiger partial charge in [-0.3, -0.25) is 0 Å². The molecule has 0 fully saturated rings. The SMILES string of the molecule is COc1ccc([C@@H](N)CCCN)cc1F. The summed E-state index contributed by atoms with van der Waals surface area (Å²) in [4.78, 5) is 0. The van der Waals surface area contributed by atoms with Crippen LogP contribution >= 0.6 is 0 Å². The molecule has 84 valence electrons. The Balaban J connectivity index is 2.73. The van der Waals surface area contributed by atoms with Crippen molar-refractivity contribution in [2.24, 2.45) is 11.5 Å². The van der Waals surface area contributed by atoms with Crippen LogP contribution in [-0.2, 0) is 0 Å². The highest BCUT2D eigenvalue weighted by atomic mass is 19.1. The number of hydrogen-bond donors (Lipinski definition) is 2. The summed E-state index contributed by atoms with van der Waals surface area (Å²) in [6, 6.07) is 4.63. The fourth-order valence-corrected chi connectivity index (χ4v) is 1.42. The molecule has 0 aliphatic rings. The van der Waals surface area contributed by atoms with Crippen molar-refractivity contribution in [2.75, 3.05) is 13.7 Å². The molecule has 0 saturated carbocycles. The van der Waals surface area contributed by atoms with Crippen LogP contribution in [-0.4, -0.2) is 13.7 Å². The molecule has 3 nitrogen and oxygen atoms in total. The van der Waals surface area contributed by atoms with Crippen molar-refractivity contribution in [1.82, 2.24) is 0 Å². The number of nitrogens with two attached hydrogens (primary N) is 2. The number of rotatable bonds is 5. The molecule has 0 saturated heterocycles. The van der Waals surface area contributed by atoms with Crippen molar-refractivity contribution in [3.63, 3.8) is 0 Å². The molecule has 0 aliphatic carbocycles. The second kappa shape index (κ2) is 5.68. The van der Waals surface area contributed by atoms with Gasteiger partial charge in [-0.05, 0) is 37.1 Å². The van der Waals surface area contributed by atoms with Gasteiger partial charge < -0.3 is 16.2 Å². The number of methoxy groups -OCH3 is 1. The van der Waals surface area contributed by atoms with E-state index < -0.39 is 0 Å². The molecule has 0 heterocycles. The van der Waals surface area contributed by atoms with E-state index >= 15 is 0 Å². The Kier molecular flexibility index (Phi) is 4.52. The van der Waals surface area contributed by atoms with Gasteiger partial charge in [0.1, 0.15) is 0 Å². The number of ether oxygens (including phenoxy) is 1. The molecule has 0 bridgehead atoms. The molecule has 0 aliphatic heterocycles. The molecule has 0 spiro atoms. The first-order valence-corrected chi connectivity index (χ1v) is 4.98. The van der Waals surface area contributed by atoms with Crippen LogP contribution in [0.5, 0.6) is 5.75 Å². The molecule has 15 heavy (non-hydrogen) atoms. The molecular formula is C11H17FN2O. The Morgan fingerprint density at radius 3 is 2.73 bits per heavy atom. The van der Waals surface area contributed by atoms with E-state index in [-0.39, 0.29) is 17.6 Å². The monoisotopic (exact) mass is 212 g/mol. The molecule has 0 amide bonds. The molecule has 4 N–H and O–H groups in total. The summed E-state index contributed by atoms with van der Waals surface area (Å²) in [5.41, 5.74) is 12.0. The minimum atomic E-state index is -0.377. The maximum Gasteiger partial charge on any atom is 0.165 e. The van der Waals surface area contributed by atoms with Crippen molar-refractivity contribution < 1.29 is 9.13 Å². The van der Waals surface area contributed by atoms with Gasteiger partial charge in [-0.15, -0.1) is 0 Å². The highest BCUT2D eigenvalue weighted by Crippen LogP contribution is 2.22. The van der Waals surface area contributed by atoms with Crippen molar-refractivity contribution in [2.45, 2.75) is 18.9 Å². The van der Waals surface area contributed by atoms with E-state index in [1.807, 2.05) is 0 Å². The second-order valence-electron chi connectivity index (χ2n) is 3.43. The smallest absolute Gasteiger partial charge is 0.165 e. The molecule has 1 aromatic carbocycles. The molecule has 1 atom stereocenters. The number of halogens is 1. The Morgan fingerprint density at radius 2 is 2.20 bits per heavy atom. The third-order valence-electron chi connectivity index (χ3n) is 2.32. The summed E-state index contributed by atoms with van der Waals surface area (Å²) in [6.45, 7) is 0.604. The van der Waals surface area contributed by atoms with E-state index in [1.54, 1.807) is 12.1 Å². The predicted molar refractivity (Wildman–Crippen MR) is 58.2 cm³/mol. The van der Waals surface area contributed by atoms with E-state index in [9.17, 15) is 4.39 Å². The fourth-order valence-electron chi connectivity index (χ4n) is 1.42. The summed E-state index contributed by atoms with van der Waals surface area (Å²) in [7, 11) is 1.44. The zero-order chi connectivity index (χ0) is 11.3. The Bertz CT molecular complexity index is 317.